The standard InChI is InChI=1S/C18H28N4O2S.HI/c1-20-17(22-13-11-18(14-22)9-2-3-10-18)21-12-8-15-4-6-16(7-5-15)25(19,23)24;/h4-7H,2-3,8-14H2,1H3,(H,20,21)(H2,19,23,24);1H. The van der Waals surface area contributed by atoms with E-state index in [4.69, 9.17) is 5.14 Å². The lowest BCUT2D eigenvalue weighted by molar-refractivity contribution is 0.309. The van der Waals surface area contributed by atoms with Crippen molar-refractivity contribution in [2.45, 2.75) is 43.4 Å². The summed E-state index contributed by atoms with van der Waals surface area (Å²) in [6.45, 7) is 2.98. The molecule has 1 aromatic rings. The van der Waals surface area contributed by atoms with E-state index < -0.39 is 10.0 Å². The van der Waals surface area contributed by atoms with Crippen LogP contribution in [-0.2, 0) is 16.4 Å². The molecule has 1 heterocycles. The second-order valence-corrected chi connectivity index (χ2v) is 8.85. The SMILES string of the molecule is CN=C(NCCc1ccc(S(N)(=O)=O)cc1)N1CCC2(CCCC2)C1.I. The number of halogens is 1. The first-order valence-corrected chi connectivity index (χ1v) is 10.5. The molecule has 1 aromatic carbocycles. The minimum absolute atomic E-state index is 0. The number of primary sulfonamides is 1. The Kier molecular flexibility index (Phi) is 7.32. The van der Waals surface area contributed by atoms with Crippen LogP contribution >= 0.6 is 24.0 Å². The molecule has 26 heavy (non-hydrogen) atoms. The van der Waals surface area contributed by atoms with Gasteiger partial charge in [-0.25, -0.2) is 13.6 Å². The summed E-state index contributed by atoms with van der Waals surface area (Å²) >= 11 is 0. The Morgan fingerprint density at radius 1 is 1.23 bits per heavy atom. The van der Waals surface area contributed by atoms with Crippen molar-refractivity contribution >= 4 is 40.0 Å². The van der Waals surface area contributed by atoms with Gasteiger partial charge < -0.3 is 10.2 Å². The fourth-order valence-electron chi connectivity index (χ4n) is 4.15. The van der Waals surface area contributed by atoms with E-state index in [0.29, 0.717) is 5.41 Å². The van der Waals surface area contributed by atoms with Crippen LogP contribution in [0.25, 0.3) is 0 Å². The molecule has 3 rings (SSSR count). The van der Waals surface area contributed by atoms with Gasteiger partial charge in [-0.1, -0.05) is 25.0 Å². The Morgan fingerprint density at radius 2 is 1.88 bits per heavy atom. The summed E-state index contributed by atoms with van der Waals surface area (Å²) in [4.78, 5) is 6.97. The second-order valence-electron chi connectivity index (χ2n) is 7.29. The normalized spacial score (nSPS) is 19.6. The third-order valence-electron chi connectivity index (χ3n) is 5.56. The van der Waals surface area contributed by atoms with Gasteiger partial charge in [0.1, 0.15) is 0 Å². The monoisotopic (exact) mass is 492 g/mol. The van der Waals surface area contributed by atoms with Crippen molar-refractivity contribution in [3.8, 4) is 0 Å². The van der Waals surface area contributed by atoms with Crippen LogP contribution in [0.3, 0.4) is 0 Å². The number of rotatable bonds is 4. The average Bonchev–Trinajstić information content (AvgIpc) is 3.22. The quantitative estimate of drug-likeness (QED) is 0.384. The summed E-state index contributed by atoms with van der Waals surface area (Å²) < 4.78 is 22.6. The lowest BCUT2D eigenvalue weighted by Crippen LogP contribution is -2.41. The molecule has 1 saturated heterocycles. The van der Waals surface area contributed by atoms with Gasteiger partial charge in [0.25, 0.3) is 0 Å². The third kappa shape index (κ3) is 5.10. The molecule has 2 fully saturated rings. The number of nitrogens with one attached hydrogen (secondary N) is 1. The van der Waals surface area contributed by atoms with Crippen LogP contribution in [0.15, 0.2) is 34.2 Å². The summed E-state index contributed by atoms with van der Waals surface area (Å²) in [5.74, 6) is 0.977. The van der Waals surface area contributed by atoms with Gasteiger partial charge in [0.2, 0.25) is 10.0 Å². The van der Waals surface area contributed by atoms with E-state index in [1.807, 2.05) is 19.2 Å². The van der Waals surface area contributed by atoms with Crippen molar-refractivity contribution in [3.63, 3.8) is 0 Å². The first kappa shape index (κ1) is 21.4. The summed E-state index contributed by atoms with van der Waals surface area (Å²) in [7, 11) is -1.78. The molecule has 0 amide bonds. The number of nitrogens with two attached hydrogens (primary N) is 1. The molecule has 0 aromatic heterocycles. The van der Waals surface area contributed by atoms with E-state index >= 15 is 0 Å². The highest BCUT2D eigenvalue weighted by molar-refractivity contribution is 14.0. The fraction of sp³-hybridized carbons (Fsp3) is 0.611. The van der Waals surface area contributed by atoms with E-state index in [9.17, 15) is 8.42 Å². The average molecular weight is 492 g/mol. The molecule has 1 spiro atoms. The number of aliphatic imine (C=N–C) groups is 1. The minimum Gasteiger partial charge on any atom is -0.356 e. The molecule has 0 bridgehead atoms. The molecule has 0 radical (unpaired) electrons. The van der Waals surface area contributed by atoms with Crippen molar-refractivity contribution in [3.05, 3.63) is 29.8 Å². The van der Waals surface area contributed by atoms with E-state index in [0.717, 1.165) is 37.6 Å². The molecule has 1 aliphatic heterocycles. The van der Waals surface area contributed by atoms with Crippen molar-refractivity contribution in [2.24, 2.45) is 15.5 Å². The molecule has 1 aliphatic carbocycles. The van der Waals surface area contributed by atoms with Crippen LogP contribution in [0.2, 0.25) is 0 Å². The molecule has 8 heteroatoms. The zero-order valence-electron chi connectivity index (χ0n) is 15.3. The summed E-state index contributed by atoms with van der Waals surface area (Å²) in [5, 5.41) is 8.57. The highest BCUT2D eigenvalue weighted by atomic mass is 127. The van der Waals surface area contributed by atoms with E-state index in [1.54, 1.807) is 12.1 Å². The van der Waals surface area contributed by atoms with Crippen molar-refractivity contribution in [2.75, 3.05) is 26.7 Å². The summed E-state index contributed by atoms with van der Waals surface area (Å²) in [6, 6.07) is 6.74. The number of nitrogens with zero attached hydrogens (tertiary/aromatic N) is 2. The molecule has 3 N–H and O–H groups in total. The maximum atomic E-state index is 11.3. The van der Waals surface area contributed by atoms with Gasteiger partial charge in [0, 0.05) is 26.7 Å². The Morgan fingerprint density at radius 3 is 2.46 bits per heavy atom. The van der Waals surface area contributed by atoms with E-state index in [-0.39, 0.29) is 28.9 Å². The van der Waals surface area contributed by atoms with Crippen LogP contribution in [0.1, 0.15) is 37.7 Å². The zero-order chi connectivity index (χ0) is 17.9. The van der Waals surface area contributed by atoms with Crippen LogP contribution in [0.4, 0.5) is 0 Å². The van der Waals surface area contributed by atoms with E-state index in [2.05, 4.69) is 15.2 Å². The van der Waals surface area contributed by atoms with Gasteiger partial charge in [0.15, 0.2) is 5.96 Å². The van der Waals surface area contributed by atoms with Crippen molar-refractivity contribution in [1.29, 1.82) is 0 Å². The van der Waals surface area contributed by atoms with Gasteiger partial charge in [-0.15, -0.1) is 24.0 Å². The van der Waals surface area contributed by atoms with Crippen molar-refractivity contribution < 1.29 is 8.42 Å². The fourth-order valence-corrected chi connectivity index (χ4v) is 4.66. The lowest BCUT2D eigenvalue weighted by atomic mass is 9.86. The van der Waals surface area contributed by atoms with Gasteiger partial charge in [-0.3, -0.25) is 4.99 Å². The summed E-state index contributed by atoms with van der Waals surface area (Å²) in [5.41, 5.74) is 1.60. The Balaban J connectivity index is 0.00000243. The largest absolute Gasteiger partial charge is 0.356 e. The molecule has 0 atom stereocenters. The zero-order valence-corrected chi connectivity index (χ0v) is 18.4. The van der Waals surface area contributed by atoms with Crippen LogP contribution in [0.5, 0.6) is 0 Å². The number of hydrogen-bond donors (Lipinski definition) is 2. The topological polar surface area (TPSA) is 87.8 Å². The smallest absolute Gasteiger partial charge is 0.238 e. The highest BCUT2D eigenvalue weighted by Gasteiger charge is 2.40. The maximum absolute atomic E-state index is 11.3. The van der Waals surface area contributed by atoms with Crippen LogP contribution in [-0.4, -0.2) is 46.0 Å². The van der Waals surface area contributed by atoms with E-state index in [1.165, 1.54) is 32.1 Å². The second kappa shape index (κ2) is 8.88. The van der Waals surface area contributed by atoms with Gasteiger partial charge >= 0.3 is 0 Å². The molecular formula is C18H29IN4O2S. The Labute approximate surface area is 173 Å². The molecule has 6 nitrogen and oxygen atoms in total. The maximum Gasteiger partial charge on any atom is 0.238 e. The highest BCUT2D eigenvalue weighted by Crippen LogP contribution is 2.45. The summed E-state index contributed by atoms with van der Waals surface area (Å²) in [6.07, 6.45) is 7.54. The Bertz CT molecular complexity index is 728. The minimum atomic E-state index is -3.62. The molecular weight excluding hydrogens is 463 g/mol. The van der Waals surface area contributed by atoms with Gasteiger partial charge in [-0.05, 0) is 48.8 Å². The van der Waals surface area contributed by atoms with Gasteiger partial charge in [-0.2, -0.15) is 0 Å². The number of sulfonamides is 1. The molecule has 146 valence electrons. The molecule has 1 saturated carbocycles. The molecule has 2 aliphatic rings. The number of hydrogen-bond acceptors (Lipinski definition) is 3. The first-order chi connectivity index (χ1) is 11.9. The van der Waals surface area contributed by atoms with Gasteiger partial charge in [0.05, 0.1) is 4.90 Å². The van der Waals surface area contributed by atoms with Crippen LogP contribution < -0.4 is 10.5 Å². The van der Waals surface area contributed by atoms with Crippen LogP contribution in [0, 0.1) is 5.41 Å². The predicted molar refractivity (Wildman–Crippen MR) is 115 cm³/mol. The lowest BCUT2D eigenvalue weighted by Gasteiger charge is -2.26. The third-order valence-corrected chi connectivity index (χ3v) is 6.49. The first-order valence-electron chi connectivity index (χ1n) is 8.99. The predicted octanol–water partition coefficient (Wildman–Crippen LogP) is 2.34. The molecule has 0 unspecified atom stereocenters. The number of benzene rings is 1. The van der Waals surface area contributed by atoms with Crippen molar-refractivity contribution in [1.82, 2.24) is 10.2 Å². The Hall–Kier alpha value is -0.870. The number of guanidine groups is 1. The number of likely N-dealkylation sites (tertiary alicyclic amines) is 1.